The number of benzene rings is 3. The van der Waals surface area contributed by atoms with E-state index < -0.39 is 0 Å². The number of nitrogens with one attached hydrogen (secondary N) is 1. The Balaban J connectivity index is 1.79. The Labute approximate surface area is 173 Å². The smallest absolute Gasteiger partial charge is 0.0497 e. The molecule has 4 aromatic rings. The van der Waals surface area contributed by atoms with Crippen molar-refractivity contribution >= 4 is 10.9 Å². The molecule has 1 heterocycles. The molecule has 2 nitrogen and oxygen atoms in total. The monoisotopic (exact) mass is 382 g/mol. The van der Waals surface area contributed by atoms with Crippen molar-refractivity contribution in [2.75, 3.05) is 6.54 Å². The average Bonchev–Trinajstić information content (AvgIpc) is 3.13. The maximum Gasteiger partial charge on any atom is 0.0497 e. The number of aromatic amines is 1. The second-order valence-electron chi connectivity index (χ2n) is 8.09. The van der Waals surface area contributed by atoms with Crippen LogP contribution in [0.1, 0.15) is 43.7 Å². The van der Waals surface area contributed by atoms with Gasteiger partial charge in [-0.25, -0.2) is 0 Å². The molecule has 0 atom stereocenters. The van der Waals surface area contributed by atoms with E-state index in [2.05, 4.69) is 91.6 Å². The fourth-order valence-corrected chi connectivity index (χ4v) is 4.19. The minimum absolute atomic E-state index is 0.488. The van der Waals surface area contributed by atoms with E-state index in [1.807, 2.05) is 0 Å². The van der Waals surface area contributed by atoms with Crippen LogP contribution in [0.25, 0.3) is 33.3 Å². The summed E-state index contributed by atoms with van der Waals surface area (Å²) in [5.41, 5.74) is 14.8. The van der Waals surface area contributed by atoms with Gasteiger partial charge in [0.2, 0.25) is 0 Å². The average molecular weight is 383 g/mol. The highest BCUT2D eigenvalue weighted by Gasteiger charge is 2.16. The SMILES string of the molecule is CC(C)c1cccc2c(CCCCN)c(-c3ccc(-c4ccccc4)cc3)[nH]c12. The summed E-state index contributed by atoms with van der Waals surface area (Å²) in [6, 6.07) is 26.2. The summed E-state index contributed by atoms with van der Waals surface area (Å²) in [4.78, 5) is 3.79. The van der Waals surface area contributed by atoms with Crippen LogP contribution in [0.2, 0.25) is 0 Å². The first-order valence-corrected chi connectivity index (χ1v) is 10.7. The molecule has 0 bridgehead atoms. The molecular formula is C27H30N2. The molecule has 4 rings (SSSR count). The molecule has 29 heavy (non-hydrogen) atoms. The molecule has 0 aliphatic carbocycles. The van der Waals surface area contributed by atoms with Crippen LogP contribution in [0.15, 0.2) is 72.8 Å². The first kappa shape index (κ1) is 19.5. The molecule has 1 aromatic heterocycles. The zero-order valence-corrected chi connectivity index (χ0v) is 17.4. The van der Waals surface area contributed by atoms with E-state index in [1.165, 1.54) is 44.4 Å². The van der Waals surface area contributed by atoms with Crippen molar-refractivity contribution < 1.29 is 0 Å². The fraction of sp³-hybridized carbons (Fsp3) is 0.259. The summed E-state index contributed by atoms with van der Waals surface area (Å²) in [6.45, 7) is 5.27. The number of nitrogens with two attached hydrogens (primary N) is 1. The quantitative estimate of drug-likeness (QED) is 0.335. The van der Waals surface area contributed by atoms with Crippen molar-refractivity contribution in [3.63, 3.8) is 0 Å². The Bertz CT molecular complexity index is 1070. The number of hydrogen-bond donors (Lipinski definition) is 2. The third-order valence-electron chi connectivity index (χ3n) is 5.76. The lowest BCUT2D eigenvalue weighted by molar-refractivity contribution is 0.748. The van der Waals surface area contributed by atoms with Gasteiger partial charge in [-0.05, 0) is 59.5 Å². The van der Waals surface area contributed by atoms with Crippen LogP contribution in [-0.4, -0.2) is 11.5 Å². The van der Waals surface area contributed by atoms with Gasteiger partial charge in [-0.3, -0.25) is 0 Å². The van der Waals surface area contributed by atoms with Crippen molar-refractivity contribution in [3.05, 3.63) is 83.9 Å². The van der Waals surface area contributed by atoms with Gasteiger partial charge in [0.05, 0.1) is 0 Å². The topological polar surface area (TPSA) is 41.8 Å². The lowest BCUT2D eigenvalue weighted by atomic mass is 9.96. The maximum absolute atomic E-state index is 5.76. The number of unbranched alkanes of at least 4 members (excludes halogenated alkanes) is 1. The highest BCUT2D eigenvalue weighted by atomic mass is 14.7. The molecule has 0 spiro atoms. The van der Waals surface area contributed by atoms with E-state index >= 15 is 0 Å². The Hall–Kier alpha value is -2.84. The van der Waals surface area contributed by atoms with E-state index in [-0.39, 0.29) is 0 Å². The van der Waals surface area contributed by atoms with Crippen LogP contribution in [0, 0.1) is 0 Å². The fourth-order valence-electron chi connectivity index (χ4n) is 4.19. The molecule has 0 unspecified atom stereocenters. The minimum Gasteiger partial charge on any atom is -0.354 e. The number of H-pyrrole nitrogens is 1. The van der Waals surface area contributed by atoms with Gasteiger partial charge >= 0.3 is 0 Å². The Morgan fingerprint density at radius 1 is 0.759 bits per heavy atom. The van der Waals surface area contributed by atoms with E-state index in [9.17, 15) is 0 Å². The van der Waals surface area contributed by atoms with Gasteiger partial charge in [-0.1, -0.05) is 86.6 Å². The number of para-hydroxylation sites is 1. The van der Waals surface area contributed by atoms with Crippen molar-refractivity contribution in [1.29, 1.82) is 0 Å². The summed E-state index contributed by atoms with van der Waals surface area (Å²) in [7, 11) is 0. The van der Waals surface area contributed by atoms with E-state index in [0.717, 1.165) is 25.8 Å². The van der Waals surface area contributed by atoms with Crippen molar-refractivity contribution in [3.8, 4) is 22.4 Å². The van der Waals surface area contributed by atoms with Crippen molar-refractivity contribution in [2.45, 2.75) is 39.0 Å². The molecule has 2 heteroatoms. The van der Waals surface area contributed by atoms with Gasteiger partial charge in [0.25, 0.3) is 0 Å². The molecular weight excluding hydrogens is 352 g/mol. The third kappa shape index (κ3) is 3.99. The molecule has 0 amide bonds. The molecule has 0 saturated carbocycles. The van der Waals surface area contributed by atoms with E-state index in [1.54, 1.807) is 0 Å². The van der Waals surface area contributed by atoms with Gasteiger partial charge in [0.15, 0.2) is 0 Å². The van der Waals surface area contributed by atoms with Gasteiger partial charge in [0, 0.05) is 16.6 Å². The third-order valence-corrected chi connectivity index (χ3v) is 5.76. The Kier molecular flexibility index (Phi) is 5.82. The highest BCUT2D eigenvalue weighted by molar-refractivity contribution is 5.93. The van der Waals surface area contributed by atoms with E-state index in [0.29, 0.717) is 5.92 Å². The van der Waals surface area contributed by atoms with Crippen LogP contribution < -0.4 is 5.73 Å². The number of rotatable bonds is 7. The molecule has 3 N–H and O–H groups in total. The molecule has 0 saturated heterocycles. The van der Waals surface area contributed by atoms with Gasteiger partial charge < -0.3 is 10.7 Å². The molecule has 0 aliphatic heterocycles. The maximum atomic E-state index is 5.76. The number of aryl methyl sites for hydroxylation is 1. The van der Waals surface area contributed by atoms with Crippen LogP contribution in [-0.2, 0) is 6.42 Å². The van der Waals surface area contributed by atoms with E-state index in [4.69, 9.17) is 5.73 Å². The molecule has 0 aliphatic rings. The standard InChI is InChI=1S/C27H30N2/c1-19(2)23-12-8-13-25-24(11-6-7-18-28)26(29-27(23)25)22-16-14-21(15-17-22)20-9-4-3-5-10-20/h3-5,8-10,12-17,19,29H,6-7,11,18,28H2,1-2H3. The number of fused-ring (bicyclic) bond motifs is 1. The van der Waals surface area contributed by atoms with Crippen molar-refractivity contribution in [2.24, 2.45) is 5.73 Å². The summed E-state index contributed by atoms with van der Waals surface area (Å²) in [5, 5.41) is 1.36. The predicted molar refractivity (Wildman–Crippen MR) is 125 cm³/mol. The van der Waals surface area contributed by atoms with Crippen LogP contribution >= 0.6 is 0 Å². The van der Waals surface area contributed by atoms with Crippen LogP contribution in [0.4, 0.5) is 0 Å². The molecule has 3 aromatic carbocycles. The predicted octanol–water partition coefficient (Wildman–Crippen LogP) is 6.91. The Morgan fingerprint density at radius 2 is 1.45 bits per heavy atom. The summed E-state index contributed by atoms with van der Waals surface area (Å²) >= 11 is 0. The number of hydrogen-bond acceptors (Lipinski definition) is 1. The molecule has 148 valence electrons. The zero-order valence-electron chi connectivity index (χ0n) is 17.4. The van der Waals surface area contributed by atoms with Gasteiger partial charge in [-0.2, -0.15) is 0 Å². The lowest BCUT2D eigenvalue weighted by Gasteiger charge is -2.07. The van der Waals surface area contributed by atoms with Crippen molar-refractivity contribution in [1.82, 2.24) is 4.98 Å². The molecule has 0 fully saturated rings. The first-order chi connectivity index (χ1) is 14.2. The Morgan fingerprint density at radius 3 is 2.14 bits per heavy atom. The summed E-state index contributed by atoms with van der Waals surface area (Å²) < 4.78 is 0. The van der Waals surface area contributed by atoms with Crippen LogP contribution in [0.3, 0.4) is 0 Å². The summed E-state index contributed by atoms with van der Waals surface area (Å²) in [5.74, 6) is 0.488. The van der Waals surface area contributed by atoms with Gasteiger partial charge in [-0.15, -0.1) is 0 Å². The number of aromatic nitrogens is 1. The van der Waals surface area contributed by atoms with Crippen LogP contribution in [0.5, 0.6) is 0 Å². The molecule has 0 radical (unpaired) electrons. The highest BCUT2D eigenvalue weighted by Crippen LogP contribution is 2.36. The largest absolute Gasteiger partial charge is 0.354 e. The summed E-state index contributed by atoms with van der Waals surface area (Å²) in [6.07, 6.45) is 3.22. The second-order valence-corrected chi connectivity index (χ2v) is 8.09. The first-order valence-electron chi connectivity index (χ1n) is 10.7. The normalized spacial score (nSPS) is 11.4. The zero-order chi connectivity index (χ0) is 20.2. The lowest BCUT2D eigenvalue weighted by Crippen LogP contribution is -1.99. The van der Waals surface area contributed by atoms with Gasteiger partial charge in [0.1, 0.15) is 0 Å². The minimum atomic E-state index is 0.488. The second kappa shape index (κ2) is 8.67.